The molecule has 0 heterocycles. The normalized spacial score (nSPS) is 10.2. The van der Waals surface area contributed by atoms with Crippen molar-refractivity contribution < 1.29 is 14.3 Å². The van der Waals surface area contributed by atoms with Gasteiger partial charge in [-0.25, -0.2) is 9.18 Å². The molecule has 0 aliphatic heterocycles. The summed E-state index contributed by atoms with van der Waals surface area (Å²) in [6.07, 6.45) is 2.68. The highest BCUT2D eigenvalue weighted by Crippen LogP contribution is 2.20. The zero-order valence-electron chi connectivity index (χ0n) is 12.1. The molecule has 0 atom stereocenters. The summed E-state index contributed by atoms with van der Waals surface area (Å²) >= 11 is 0. The number of nitrogens with zero attached hydrogens (tertiary/aromatic N) is 1. The summed E-state index contributed by atoms with van der Waals surface area (Å²) in [5.74, 6) is -1.87. The lowest BCUT2D eigenvalue weighted by atomic mass is 9.97. The average molecular weight is 297 g/mol. The average Bonchev–Trinajstić information content (AvgIpc) is 2.53. The van der Waals surface area contributed by atoms with Crippen LogP contribution >= 0.6 is 0 Å². The number of unbranched alkanes of at least 4 members (excludes halogenated alkanes) is 1. The summed E-state index contributed by atoms with van der Waals surface area (Å²) in [7, 11) is 0. The summed E-state index contributed by atoms with van der Waals surface area (Å²) in [4.78, 5) is 11.2. The van der Waals surface area contributed by atoms with Gasteiger partial charge < -0.3 is 5.11 Å². The molecule has 3 nitrogen and oxygen atoms in total. The van der Waals surface area contributed by atoms with Crippen LogP contribution in [0, 0.1) is 17.1 Å². The molecule has 0 saturated heterocycles. The maximum Gasteiger partial charge on any atom is 0.336 e. The minimum atomic E-state index is -1.17. The Morgan fingerprint density at radius 2 is 1.77 bits per heavy atom. The third-order valence-corrected chi connectivity index (χ3v) is 3.58. The number of rotatable bonds is 6. The number of carboxylic acid groups (broad SMARTS) is 1. The highest BCUT2D eigenvalue weighted by Gasteiger charge is 2.17. The van der Waals surface area contributed by atoms with E-state index in [-0.39, 0.29) is 16.7 Å². The minimum absolute atomic E-state index is 0.0591. The van der Waals surface area contributed by atoms with Gasteiger partial charge in [0.2, 0.25) is 0 Å². The van der Waals surface area contributed by atoms with Gasteiger partial charge in [0.1, 0.15) is 11.9 Å². The highest BCUT2D eigenvalue weighted by atomic mass is 19.1. The number of aryl methyl sites for hydroxylation is 1. The van der Waals surface area contributed by atoms with E-state index in [1.165, 1.54) is 17.7 Å². The van der Waals surface area contributed by atoms with E-state index in [2.05, 4.69) is 0 Å². The number of carbonyl (C=O) groups is 1. The Labute approximate surface area is 128 Å². The number of carboxylic acids is 1. The summed E-state index contributed by atoms with van der Waals surface area (Å²) in [6.45, 7) is 0. The SMILES string of the molecule is N#Cc1ccc(C(=O)O)c(CCCCc2ccccc2)c1F. The van der Waals surface area contributed by atoms with Crippen molar-refractivity contribution in [2.24, 2.45) is 0 Å². The molecule has 22 heavy (non-hydrogen) atoms. The van der Waals surface area contributed by atoms with Crippen molar-refractivity contribution in [1.29, 1.82) is 5.26 Å². The number of benzene rings is 2. The molecule has 0 amide bonds. The quantitative estimate of drug-likeness (QED) is 0.821. The predicted octanol–water partition coefficient (Wildman–Crippen LogP) is 3.96. The van der Waals surface area contributed by atoms with Crippen molar-refractivity contribution in [3.63, 3.8) is 0 Å². The van der Waals surface area contributed by atoms with Crippen LogP contribution in [0.5, 0.6) is 0 Å². The summed E-state index contributed by atoms with van der Waals surface area (Å²) < 4.78 is 14.2. The van der Waals surface area contributed by atoms with Crippen LogP contribution in [0.25, 0.3) is 0 Å². The lowest BCUT2D eigenvalue weighted by molar-refractivity contribution is 0.0695. The van der Waals surface area contributed by atoms with Crippen LogP contribution in [0.1, 0.15) is 39.9 Å². The molecule has 0 unspecified atom stereocenters. The first kappa shape index (κ1) is 15.7. The molecule has 2 rings (SSSR count). The molecule has 0 radical (unpaired) electrons. The second kappa shape index (κ2) is 7.37. The number of nitriles is 1. The monoisotopic (exact) mass is 297 g/mol. The molecular weight excluding hydrogens is 281 g/mol. The molecule has 2 aromatic carbocycles. The molecule has 112 valence electrons. The predicted molar refractivity (Wildman–Crippen MR) is 81.2 cm³/mol. The Hall–Kier alpha value is -2.67. The zero-order valence-corrected chi connectivity index (χ0v) is 12.1. The number of aromatic carboxylic acids is 1. The highest BCUT2D eigenvalue weighted by molar-refractivity contribution is 5.89. The third kappa shape index (κ3) is 3.70. The molecule has 0 spiro atoms. The maximum atomic E-state index is 14.2. The summed E-state index contributed by atoms with van der Waals surface area (Å²) in [6, 6.07) is 14.2. The molecule has 2 aromatic rings. The second-order valence-electron chi connectivity index (χ2n) is 5.06. The van der Waals surface area contributed by atoms with Crippen LogP contribution < -0.4 is 0 Å². The summed E-state index contributed by atoms with van der Waals surface area (Å²) in [5, 5.41) is 18.0. The van der Waals surface area contributed by atoms with Crippen LogP contribution in [-0.4, -0.2) is 11.1 Å². The summed E-state index contributed by atoms with van der Waals surface area (Å²) in [5.41, 5.74) is 1.16. The van der Waals surface area contributed by atoms with E-state index in [0.717, 1.165) is 12.8 Å². The Morgan fingerprint density at radius 1 is 1.09 bits per heavy atom. The van der Waals surface area contributed by atoms with Gasteiger partial charge in [-0.15, -0.1) is 0 Å². The van der Waals surface area contributed by atoms with Crippen LogP contribution in [0.4, 0.5) is 4.39 Å². The van der Waals surface area contributed by atoms with Gasteiger partial charge in [0.05, 0.1) is 11.1 Å². The Morgan fingerprint density at radius 3 is 2.41 bits per heavy atom. The molecule has 0 bridgehead atoms. The van der Waals surface area contributed by atoms with Crippen LogP contribution in [-0.2, 0) is 12.8 Å². The van der Waals surface area contributed by atoms with E-state index >= 15 is 0 Å². The van der Waals surface area contributed by atoms with Gasteiger partial charge in [-0.2, -0.15) is 5.26 Å². The topological polar surface area (TPSA) is 61.1 Å². The van der Waals surface area contributed by atoms with Gasteiger partial charge in [0.25, 0.3) is 0 Å². The molecule has 0 aromatic heterocycles. The molecular formula is C18H16FNO2. The largest absolute Gasteiger partial charge is 0.478 e. The Kier molecular flexibility index (Phi) is 5.26. The van der Waals surface area contributed by atoms with Gasteiger partial charge in [0.15, 0.2) is 0 Å². The number of hydrogen-bond donors (Lipinski definition) is 1. The number of hydrogen-bond acceptors (Lipinski definition) is 2. The van der Waals surface area contributed by atoms with E-state index in [9.17, 15) is 9.18 Å². The lowest BCUT2D eigenvalue weighted by Crippen LogP contribution is -2.07. The molecule has 0 fully saturated rings. The first-order chi connectivity index (χ1) is 10.6. The molecule has 1 N–H and O–H groups in total. The van der Waals surface area contributed by atoms with Crippen molar-refractivity contribution in [2.45, 2.75) is 25.7 Å². The lowest BCUT2D eigenvalue weighted by Gasteiger charge is -2.09. The van der Waals surface area contributed by atoms with Gasteiger partial charge in [-0.1, -0.05) is 30.3 Å². The van der Waals surface area contributed by atoms with E-state index in [1.807, 2.05) is 30.3 Å². The fourth-order valence-electron chi connectivity index (χ4n) is 2.43. The Bertz CT molecular complexity index is 705. The molecule has 0 aliphatic rings. The van der Waals surface area contributed by atoms with Gasteiger partial charge in [-0.05, 0) is 43.4 Å². The van der Waals surface area contributed by atoms with Crippen LogP contribution in [0.2, 0.25) is 0 Å². The van der Waals surface area contributed by atoms with E-state index in [0.29, 0.717) is 12.8 Å². The van der Waals surface area contributed by atoms with Gasteiger partial charge >= 0.3 is 5.97 Å². The van der Waals surface area contributed by atoms with Gasteiger partial charge in [-0.3, -0.25) is 0 Å². The van der Waals surface area contributed by atoms with Crippen molar-refractivity contribution in [3.05, 3.63) is 70.5 Å². The number of halogens is 1. The fourth-order valence-corrected chi connectivity index (χ4v) is 2.43. The van der Waals surface area contributed by atoms with E-state index in [1.54, 1.807) is 6.07 Å². The van der Waals surface area contributed by atoms with Crippen molar-refractivity contribution >= 4 is 5.97 Å². The van der Waals surface area contributed by atoms with E-state index in [4.69, 9.17) is 10.4 Å². The smallest absolute Gasteiger partial charge is 0.336 e. The van der Waals surface area contributed by atoms with Crippen molar-refractivity contribution in [3.8, 4) is 6.07 Å². The second-order valence-corrected chi connectivity index (χ2v) is 5.06. The first-order valence-electron chi connectivity index (χ1n) is 7.12. The van der Waals surface area contributed by atoms with Crippen molar-refractivity contribution in [1.82, 2.24) is 0 Å². The fraction of sp³-hybridized carbons (Fsp3) is 0.222. The maximum absolute atomic E-state index is 14.2. The van der Waals surface area contributed by atoms with E-state index < -0.39 is 11.8 Å². The molecule has 4 heteroatoms. The third-order valence-electron chi connectivity index (χ3n) is 3.58. The zero-order chi connectivity index (χ0) is 15.9. The first-order valence-corrected chi connectivity index (χ1v) is 7.12. The standard InChI is InChI=1S/C18H16FNO2/c19-17-14(12-20)10-11-16(18(21)22)15(17)9-5-4-8-13-6-2-1-3-7-13/h1-3,6-7,10-11H,4-5,8-9H2,(H,21,22). The van der Waals surface area contributed by atoms with Crippen LogP contribution in [0.3, 0.4) is 0 Å². The van der Waals surface area contributed by atoms with Crippen molar-refractivity contribution in [2.75, 3.05) is 0 Å². The van der Waals surface area contributed by atoms with Crippen LogP contribution in [0.15, 0.2) is 42.5 Å². The minimum Gasteiger partial charge on any atom is -0.478 e. The van der Waals surface area contributed by atoms with Gasteiger partial charge in [0, 0.05) is 5.56 Å². The molecule has 0 aliphatic carbocycles. The Balaban J connectivity index is 2.05. The molecule has 0 saturated carbocycles.